The van der Waals surface area contributed by atoms with Crippen molar-refractivity contribution in [3.63, 3.8) is 0 Å². The van der Waals surface area contributed by atoms with E-state index in [2.05, 4.69) is 30.2 Å². The van der Waals surface area contributed by atoms with Crippen LogP contribution in [0.25, 0.3) is 11.7 Å². The van der Waals surface area contributed by atoms with Crippen LogP contribution in [0.4, 0.5) is 0 Å². The van der Waals surface area contributed by atoms with Crippen LogP contribution in [-0.2, 0) is 0 Å². The Morgan fingerprint density at radius 1 is 1.50 bits per heavy atom. The molecular weight excluding hydrogens is 246 g/mol. The minimum Gasteiger partial charge on any atom is -0.316 e. The number of hydrogen-bond donors (Lipinski definition) is 1. The van der Waals surface area contributed by atoms with Gasteiger partial charge in [0, 0.05) is 12.7 Å². The third kappa shape index (κ3) is 2.57. The fourth-order valence-corrected chi connectivity index (χ4v) is 2.15. The summed E-state index contributed by atoms with van der Waals surface area (Å²) in [5.41, 5.74) is 3.14. The minimum atomic E-state index is 0.475. The summed E-state index contributed by atoms with van der Waals surface area (Å²) in [4.78, 5) is 4.35. The molecule has 96 valence electrons. The van der Waals surface area contributed by atoms with Crippen molar-refractivity contribution in [2.45, 2.75) is 13.8 Å². The van der Waals surface area contributed by atoms with Crippen LogP contribution >= 0.6 is 11.6 Å². The van der Waals surface area contributed by atoms with Crippen molar-refractivity contribution in [1.82, 2.24) is 14.7 Å². The maximum atomic E-state index is 6.22. The van der Waals surface area contributed by atoms with E-state index in [9.17, 15) is 0 Å². The molecule has 2 rings (SSSR count). The van der Waals surface area contributed by atoms with Gasteiger partial charge in [-0.1, -0.05) is 37.1 Å². The highest BCUT2D eigenvalue weighted by Crippen LogP contribution is 2.22. The molecule has 0 aromatic carbocycles. The molecule has 0 aliphatic carbocycles. The van der Waals surface area contributed by atoms with Crippen LogP contribution in [0, 0.1) is 5.92 Å². The fraction of sp³-hybridized carbons (Fsp3) is 0.357. The number of likely N-dealkylation sites (N-methyl/N-ethyl adjacent to an activating group) is 1. The van der Waals surface area contributed by atoms with Crippen LogP contribution in [0.5, 0.6) is 0 Å². The van der Waals surface area contributed by atoms with Gasteiger partial charge in [0.2, 0.25) is 0 Å². The van der Waals surface area contributed by atoms with Gasteiger partial charge >= 0.3 is 0 Å². The molecule has 0 aliphatic rings. The van der Waals surface area contributed by atoms with Crippen LogP contribution in [0.1, 0.15) is 19.5 Å². The topological polar surface area (TPSA) is 29.3 Å². The second kappa shape index (κ2) is 5.55. The van der Waals surface area contributed by atoms with Gasteiger partial charge in [0.25, 0.3) is 0 Å². The summed E-state index contributed by atoms with van der Waals surface area (Å²) >= 11 is 6.22. The van der Waals surface area contributed by atoms with Gasteiger partial charge in [0.15, 0.2) is 5.15 Å². The number of imidazole rings is 1. The number of fused-ring (bicyclic) bond motifs is 1. The van der Waals surface area contributed by atoms with Crippen LogP contribution in [-0.4, -0.2) is 23.0 Å². The molecule has 0 saturated heterocycles. The van der Waals surface area contributed by atoms with Crippen molar-refractivity contribution in [2.24, 2.45) is 5.92 Å². The molecule has 0 atom stereocenters. The summed E-state index contributed by atoms with van der Waals surface area (Å²) in [7, 11) is 1.95. The zero-order valence-corrected chi connectivity index (χ0v) is 11.7. The summed E-state index contributed by atoms with van der Waals surface area (Å²) in [6.07, 6.45) is 4.11. The highest BCUT2D eigenvalue weighted by Gasteiger charge is 2.10. The van der Waals surface area contributed by atoms with E-state index in [1.54, 1.807) is 0 Å². The SMILES string of the molecule is CNCC(=Cc1c(Cl)nc2ccccn12)C(C)C. The van der Waals surface area contributed by atoms with Crippen molar-refractivity contribution < 1.29 is 0 Å². The van der Waals surface area contributed by atoms with E-state index < -0.39 is 0 Å². The molecule has 0 aliphatic heterocycles. The molecule has 2 heterocycles. The lowest BCUT2D eigenvalue weighted by molar-refractivity contribution is 0.712. The normalized spacial score (nSPS) is 12.6. The van der Waals surface area contributed by atoms with Gasteiger partial charge in [-0.2, -0.15) is 0 Å². The molecule has 0 fully saturated rings. The third-order valence-electron chi connectivity index (χ3n) is 2.97. The first-order chi connectivity index (χ1) is 8.63. The Kier molecular flexibility index (Phi) is 4.04. The predicted molar refractivity (Wildman–Crippen MR) is 76.9 cm³/mol. The quantitative estimate of drug-likeness (QED) is 0.918. The Morgan fingerprint density at radius 2 is 2.28 bits per heavy atom. The molecule has 0 radical (unpaired) electrons. The second-order valence-electron chi connectivity index (χ2n) is 4.62. The average molecular weight is 264 g/mol. The number of aromatic nitrogens is 2. The maximum absolute atomic E-state index is 6.22. The average Bonchev–Trinajstić information content (AvgIpc) is 2.65. The van der Waals surface area contributed by atoms with E-state index in [1.807, 2.05) is 35.8 Å². The lowest BCUT2D eigenvalue weighted by Gasteiger charge is -2.10. The summed E-state index contributed by atoms with van der Waals surface area (Å²) in [6.45, 7) is 5.22. The Hall–Kier alpha value is -1.32. The van der Waals surface area contributed by atoms with Crippen molar-refractivity contribution in [1.29, 1.82) is 0 Å². The third-order valence-corrected chi connectivity index (χ3v) is 3.24. The van der Waals surface area contributed by atoms with Crippen LogP contribution in [0.2, 0.25) is 5.15 Å². The molecule has 0 bridgehead atoms. The number of rotatable bonds is 4. The largest absolute Gasteiger partial charge is 0.316 e. The molecule has 1 N–H and O–H groups in total. The van der Waals surface area contributed by atoms with Gasteiger partial charge in [0.1, 0.15) is 5.65 Å². The Bertz CT molecular complexity index is 569. The van der Waals surface area contributed by atoms with Gasteiger partial charge in [-0.05, 0) is 31.2 Å². The Labute approximate surface area is 112 Å². The second-order valence-corrected chi connectivity index (χ2v) is 4.98. The van der Waals surface area contributed by atoms with E-state index in [0.717, 1.165) is 17.9 Å². The molecule has 2 aromatic rings. The first-order valence-corrected chi connectivity index (χ1v) is 6.49. The summed E-state index contributed by atoms with van der Waals surface area (Å²) in [6, 6.07) is 5.90. The van der Waals surface area contributed by atoms with Gasteiger partial charge in [0.05, 0.1) is 5.69 Å². The van der Waals surface area contributed by atoms with Gasteiger partial charge in [-0.3, -0.25) is 4.40 Å². The summed E-state index contributed by atoms with van der Waals surface area (Å²) < 4.78 is 2.01. The molecule has 0 saturated carbocycles. The molecular formula is C14H18ClN3. The van der Waals surface area contributed by atoms with Gasteiger partial charge in [-0.25, -0.2) is 4.98 Å². The van der Waals surface area contributed by atoms with Gasteiger partial charge < -0.3 is 5.32 Å². The first-order valence-electron chi connectivity index (χ1n) is 6.11. The Morgan fingerprint density at radius 3 is 2.94 bits per heavy atom. The number of nitrogens with one attached hydrogen (secondary N) is 1. The monoisotopic (exact) mass is 263 g/mol. The number of nitrogens with zero attached hydrogens (tertiary/aromatic N) is 2. The molecule has 2 aromatic heterocycles. The lowest BCUT2D eigenvalue weighted by atomic mass is 10.0. The molecule has 0 spiro atoms. The van der Waals surface area contributed by atoms with Crippen LogP contribution < -0.4 is 5.32 Å². The van der Waals surface area contributed by atoms with E-state index in [1.165, 1.54) is 5.57 Å². The minimum absolute atomic E-state index is 0.475. The van der Waals surface area contributed by atoms with E-state index in [0.29, 0.717) is 11.1 Å². The van der Waals surface area contributed by atoms with Crippen molar-refractivity contribution in [3.05, 3.63) is 40.8 Å². The van der Waals surface area contributed by atoms with Crippen LogP contribution in [0.3, 0.4) is 0 Å². The lowest BCUT2D eigenvalue weighted by Crippen LogP contribution is -2.14. The van der Waals surface area contributed by atoms with Gasteiger partial charge in [-0.15, -0.1) is 0 Å². The van der Waals surface area contributed by atoms with Crippen LogP contribution in [0.15, 0.2) is 30.0 Å². The Balaban J connectivity index is 2.52. The van der Waals surface area contributed by atoms with Crippen molar-refractivity contribution in [3.8, 4) is 0 Å². The van der Waals surface area contributed by atoms with Crippen molar-refractivity contribution in [2.75, 3.05) is 13.6 Å². The number of hydrogen-bond acceptors (Lipinski definition) is 2. The standard InChI is InChI=1S/C14H18ClN3/c1-10(2)11(9-16-3)8-12-14(15)17-13-6-4-5-7-18(12)13/h4-8,10,16H,9H2,1-3H3. The smallest absolute Gasteiger partial charge is 0.155 e. The number of pyridine rings is 1. The van der Waals surface area contributed by atoms with Crippen molar-refractivity contribution >= 4 is 23.3 Å². The first kappa shape index (κ1) is 13.1. The molecule has 18 heavy (non-hydrogen) atoms. The molecule has 4 heteroatoms. The number of halogens is 1. The van der Waals surface area contributed by atoms with E-state index in [4.69, 9.17) is 11.6 Å². The highest BCUT2D eigenvalue weighted by molar-refractivity contribution is 6.31. The van der Waals surface area contributed by atoms with E-state index >= 15 is 0 Å². The zero-order chi connectivity index (χ0) is 13.1. The predicted octanol–water partition coefficient (Wildman–Crippen LogP) is 3.25. The summed E-state index contributed by atoms with van der Waals surface area (Å²) in [5.74, 6) is 0.475. The zero-order valence-electron chi connectivity index (χ0n) is 10.9. The molecule has 0 amide bonds. The highest BCUT2D eigenvalue weighted by atomic mass is 35.5. The maximum Gasteiger partial charge on any atom is 0.155 e. The fourth-order valence-electron chi connectivity index (χ4n) is 1.92. The molecule has 3 nitrogen and oxygen atoms in total. The summed E-state index contributed by atoms with van der Waals surface area (Å²) in [5, 5.41) is 3.74. The molecule has 0 unspecified atom stereocenters. The van der Waals surface area contributed by atoms with E-state index in [-0.39, 0.29) is 0 Å².